The Morgan fingerprint density at radius 3 is 3.00 bits per heavy atom. The predicted molar refractivity (Wildman–Crippen MR) is 62.5 cm³/mol. The molecule has 92 valence electrons. The number of hydrogen-bond donors (Lipinski definition) is 1. The van der Waals surface area contributed by atoms with Gasteiger partial charge in [-0.1, -0.05) is 11.6 Å². The molecule has 0 spiro atoms. The Hall–Kier alpha value is -1.65. The highest BCUT2D eigenvalue weighted by molar-refractivity contribution is 5.89. The molecule has 0 aliphatic heterocycles. The van der Waals surface area contributed by atoms with Gasteiger partial charge in [0.15, 0.2) is 0 Å². The fraction of sp³-hybridized carbons (Fsp3) is 0.583. The fourth-order valence-corrected chi connectivity index (χ4v) is 1.93. The van der Waals surface area contributed by atoms with Crippen molar-refractivity contribution in [1.82, 2.24) is 15.5 Å². The lowest BCUT2D eigenvalue weighted by Gasteiger charge is -2.12. The Balaban J connectivity index is 1.75. The Morgan fingerprint density at radius 2 is 2.35 bits per heavy atom. The van der Waals surface area contributed by atoms with E-state index in [4.69, 9.17) is 4.42 Å². The second-order valence-electron chi connectivity index (χ2n) is 4.24. The van der Waals surface area contributed by atoms with Crippen molar-refractivity contribution < 1.29 is 9.21 Å². The van der Waals surface area contributed by atoms with Crippen molar-refractivity contribution in [1.29, 1.82) is 0 Å². The minimum atomic E-state index is -0.290. The molecule has 1 amide bonds. The molecule has 0 saturated heterocycles. The van der Waals surface area contributed by atoms with Crippen LogP contribution in [0.5, 0.6) is 0 Å². The van der Waals surface area contributed by atoms with Crippen molar-refractivity contribution in [3.63, 3.8) is 0 Å². The lowest BCUT2D eigenvalue weighted by Crippen LogP contribution is -2.25. The number of hydrogen-bond acceptors (Lipinski definition) is 4. The number of nitrogens with zero attached hydrogens (tertiary/aromatic N) is 2. The SMILES string of the molecule is Cc1nnc(C(=O)NCCC2=CCCCC2)o1. The normalized spacial score (nSPS) is 15.5. The zero-order valence-electron chi connectivity index (χ0n) is 10.0. The number of nitrogens with one attached hydrogen (secondary N) is 1. The topological polar surface area (TPSA) is 68.0 Å². The van der Waals surface area contributed by atoms with E-state index in [1.165, 1.54) is 24.8 Å². The number of allylic oxidation sites excluding steroid dienone is 1. The molecule has 1 aromatic heterocycles. The van der Waals surface area contributed by atoms with E-state index in [0.717, 1.165) is 12.8 Å². The van der Waals surface area contributed by atoms with Gasteiger partial charge < -0.3 is 9.73 Å². The largest absolute Gasteiger partial charge is 0.417 e. The van der Waals surface area contributed by atoms with Gasteiger partial charge >= 0.3 is 11.8 Å². The van der Waals surface area contributed by atoms with Gasteiger partial charge in [-0.15, -0.1) is 10.2 Å². The molecule has 1 aromatic rings. The molecule has 1 N–H and O–H groups in total. The molecule has 0 saturated carbocycles. The highest BCUT2D eigenvalue weighted by atomic mass is 16.4. The molecule has 0 bridgehead atoms. The monoisotopic (exact) mass is 235 g/mol. The Kier molecular flexibility index (Phi) is 3.90. The third-order valence-electron chi connectivity index (χ3n) is 2.84. The standard InChI is InChI=1S/C12H17N3O2/c1-9-14-15-12(17-9)11(16)13-8-7-10-5-3-2-4-6-10/h5H,2-4,6-8H2,1H3,(H,13,16). The van der Waals surface area contributed by atoms with Crippen LogP contribution in [0.1, 0.15) is 48.7 Å². The van der Waals surface area contributed by atoms with Crippen molar-refractivity contribution in [3.05, 3.63) is 23.4 Å². The van der Waals surface area contributed by atoms with E-state index in [-0.39, 0.29) is 11.8 Å². The van der Waals surface area contributed by atoms with Crippen LogP contribution in [0.2, 0.25) is 0 Å². The number of aryl methyl sites for hydroxylation is 1. The van der Waals surface area contributed by atoms with Gasteiger partial charge in [0, 0.05) is 13.5 Å². The first-order valence-corrected chi connectivity index (χ1v) is 6.02. The van der Waals surface area contributed by atoms with Crippen LogP contribution in [-0.2, 0) is 0 Å². The molecular weight excluding hydrogens is 218 g/mol. The van der Waals surface area contributed by atoms with Gasteiger partial charge in [-0.25, -0.2) is 0 Å². The molecule has 1 heterocycles. The lowest BCUT2D eigenvalue weighted by atomic mass is 9.97. The van der Waals surface area contributed by atoms with E-state index >= 15 is 0 Å². The smallest absolute Gasteiger partial charge is 0.308 e. The average Bonchev–Trinajstić information content (AvgIpc) is 2.77. The second-order valence-corrected chi connectivity index (χ2v) is 4.24. The molecule has 0 aromatic carbocycles. The van der Waals surface area contributed by atoms with Crippen LogP contribution in [0, 0.1) is 6.92 Å². The third-order valence-corrected chi connectivity index (χ3v) is 2.84. The van der Waals surface area contributed by atoms with Gasteiger partial charge in [-0.3, -0.25) is 4.79 Å². The maximum atomic E-state index is 11.6. The molecule has 1 aliphatic rings. The molecule has 0 fully saturated rings. The minimum Gasteiger partial charge on any atom is -0.417 e. The highest BCUT2D eigenvalue weighted by Crippen LogP contribution is 2.19. The van der Waals surface area contributed by atoms with Crippen LogP contribution in [-0.4, -0.2) is 22.6 Å². The molecule has 5 nitrogen and oxygen atoms in total. The average molecular weight is 235 g/mol. The molecule has 17 heavy (non-hydrogen) atoms. The fourth-order valence-electron chi connectivity index (χ4n) is 1.93. The van der Waals surface area contributed by atoms with Crippen LogP contribution < -0.4 is 5.32 Å². The summed E-state index contributed by atoms with van der Waals surface area (Å²) in [5.41, 5.74) is 1.44. The Bertz CT molecular complexity index is 423. The number of amides is 1. The van der Waals surface area contributed by atoms with Crippen molar-refractivity contribution in [2.45, 2.75) is 39.0 Å². The Labute approximate surface area is 100 Å². The maximum absolute atomic E-state index is 11.6. The molecule has 2 rings (SSSR count). The van der Waals surface area contributed by atoms with E-state index in [1.54, 1.807) is 6.92 Å². The lowest BCUT2D eigenvalue weighted by molar-refractivity contribution is 0.0918. The van der Waals surface area contributed by atoms with Gasteiger partial charge in [0.05, 0.1) is 0 Å². The first kappa shape index (κ1) is 11.8. The second kappa shape index (κ2) is 5.61. The number of rotatable bonds is 4. The molecule has 5 heteroatoms. The molecule has 0 unspecified atom stereocenters. The van der Waals surface area contributed by atoms with Crippen molar-refractivity contribution in [2.75, 3.05) is 6.54 Å². The number of carbonyl (C=O) groups is 1. The van der Waals surface area contributed by atoms with Gasteiger partial charge in [0.1, 0.15) is 0 Å². The first-order chi connectivity index (χ1) is 8.25. The highest BCUT2D eigenvalue weighted by Gasteiger charge is 2.12. The van der Waals surface area contributed by atoms with Crippen molar-refractivity contribution in [3.8, 4) is 0 Å². The van der Waals surface area contributed by atoms with E-state index in [1.807, 2.05) is 0 Å². The number of aromatic nitrogens is 2. The quantitative estimate of drug-likeness (QED) is 0.810. The third kappa shape index (κ3) is 3.41. The minimum absolute atomic E-state index is 0.0418. The van der Waals surface area contributed by atoms with Crippen LogP contribution in [0.25, 0.3) is 0 Å². The van der Waals surface area contributed by atoms with Gasteiger partial charge in [-0.05, 0) is 32.1 Å². The first-order valence-electron chi connectivity index (χ1n) is 6.02. The number of carbonyl (C=O) groups excluding carboxylic acids is 1. The summed E-state index contributed by atoms with van der Waals surface area (Å²) in [6.45, 7) is 2.29. The van der Waals surface area contributed by atoms with Crippen molar-refractivity contribution in [2.24, 2.45) is 0 Å². The molecule has 0 atom stereocenters. The summed E-state index contributed by atoms with van der Waals surface area (Å²) in [5.74, 6) is 0.160. The van der Waals surface area contributed by atoms with Gasteiger partial charge in [0.25, 0.3) is 0 Å². The van der Waals surface area contributed by atoms with Crippen LogP contribution in [0.4, 0.5) is 0 Å². The molecular formula is C12H17N3O2. The van der Waals surface area contributed by atoms with Gasteiger partial charge in [-0.2, -0.15) is 0 Å². The summed E-state index contributed by atoms with van der Waals surface area (Å²) in [5, 5.41) is 10.1. The van der Waals surface area contributed by atoms with Crippen molar-refractivity contribution >= 4 is 5.91 Å². The van der Waals surface area contributed by atoms with Crippen LogP contribution in [0.3, 0.4) is 0 Å². The summed E-state index contributed by atoms with van der Waals surface area (Å²) in [6.07, 6.45) is 8.09. The predicted octanol–water partition coefficient (Wildman–Crippen LogP) is 2.00. The van der Waals surface area contributed by atoms with E-state index in [2.05, 4.69) is 21.6 Å². The van der Waals surface area contributed by atoms with Crippen LogP contribution in [0.15, 0.2) is 16.1 Å². The summed E-state index contributed by atoms with van der Waals surface area (Å²) >= 11 is 0. The summed E-state index contributed by atoms with van der Waals surface area (Å²) in [4.78, 5) is 11.6. The summed E-state index contributed by atoms with van der Waals surface area (Å²) < 4.78 is 5.04. The van der Waals surface area contributed by atoms with E-state index in [9.17, 15) is 4.79 Å². The maximum Gasteiger partial charge on any atom is 0.308 e. The molecule has 1 aliphatic carbocycles. The van der Waals surface area contributed by atoms with E-state index in [0.29, 0.717) is 12.4 Å². The van der Waals surface area contributed by atoms with Crippen LogP contribution >= 0.6 is 0 Å². The summed E-state index contributed by atoms with van der Waals surface area (Å²) in [6, 6.07) is 0. The molecule has 0 radical (unpaired) electrons. The zero-order valence-corrected chi connectivity index (χ0v) is 10.0. The van der Waals surface area contributed by atoms with Gasteiger partial charge in [0.2, 0.25) is 5.89 Å². The summed E-state index contributed by atoms with van der Waals surface area (Å²) in [7, 11) is 0. The zero-order chi connectivity index (χ0) is 12.1. The van der Waals surface area contributed by atoms with E-state index < -0.39 is 0 Å². The Morgan fingerprint density at radius 1 is 1.47 bits per heavy atom.